The van der Waals surface area contributed by atoms with Crippen molar-refractivity contribution in [3.8, 4) is 0 Å². The van der Waals surface area contributed by atoms with Crippen LogP contribution in [0.5, 0.6) is 0 Å². The molecule has 84 valence electrons. The van der Waals surface area contributed by atoms with E-state index in [-0.39, 0.29) is 11.7 Å². The van der Waals surface area contributed by atoms with Crippen LogP contribution in [0.4, 0.5) is 0 Å². The van der Waals surface area contributed by atoms with Gasteiger partial charge in [0.05, 0.1) is 12.0 Å². The normalized spacial score (nSPS) is 10.3. The highest BCUT2D eigenvalue weighted by molar-refractivity contribution is 5.92. The van der Waals surface area contributed by atoms with E-state index in [0.29, 0.717) is 18.7 Å². The monoisotopic (exact) mass is 220 g/mol. The molecule has 0 atom stereocenters. The largest absolute Gasteiger partial charge is 0.438 e. The predicted octanol–water partition coefficient (Wildman–Crippen LogP) is 0.679. The third-order valence-corrected chi connectivity index (χ3v) is 2.19. The van der Waals surface area contributed by atoms with Gasteiger partial charge >= 0.3 is 0 Å². The van der Waals surface area contributed by atoms with Gasteiger partial charge in [-0.3, -0.25) is 4.79 Å². The Bertz CT molecular complexity index is 461. The highest BCUT2D eigenvalue weighted by Gasteiger charge is 2.12. The van der Waals surface area contributed by atoms with Crippen LogP contribution in [0.2, 0.25) is 0 Å². The first-order valence-corrected chi connectivity index (χ1v) is 4.93. The second-order valence-corrected chi connectivity index (χ2v) is 3.35. The summed E-state index contributed by atoms with van der Waals surface area (Å²) in [6.45, 7) is 2.26. The number of aryl methyl sites for hydroxylation is 1. The van der Waals surface area contributed by atoms with Crippen molar-refractivity contribution in [3.63, 3.8) is 0 Å². The molecule has 0 bridgehead atoms. The molecule has 0 aliphatic rings. The summed E-state index contributed by atoms with van der Waals surface area (Å²) < 4.78 is 4.97. The minimum Gasteiger partial charge on any atom is -0.438 e. The number of nitrogens with one attached hydrogen (secondary N) is 2. The van der Waals surface area contributed by atoms with Crippen molar-refractivity contribution in [3.05, 3.63) is 36.1 Å². The first-order chi connectivity index (χ1) is 7.77. The van der Waals surface area contributed by atoms with Crippen LogP contribution in [0.25, 0.3) is 0 Å². The third kappa shape index (κ3) is 2.28. The van der Waals surface area contributed by atoms with E-state index in [0.717, 1.165) is 5.69 Å². The summed E-state index contributed by atoms with van der Waals surface area (Å²) in [5.41, 5.74) is 1.58. The highest BCUT2D eigenvalue weighted by atomic mass is 16.3. The molecule has 2 N–H and O–H groups in total. The molecule has 0 unspecified atom stereocenters. The molecule has 0 saturated heterocycles. The Kier molecular flexibility index (Phi) is 3.00. The summed E-state index contributed by atoms with van der Waals surface area (Å²) in [6, 6.07) is 0. The summed E-state index contributed by atoms with van der Waals surface area (Å²) in [6.07, 6.45) is 5.31. The van der Waals surface area contributed by atoms with Gasteiger partial charge in [-0.1, -0.05) is 0 Å². The minimum absolute atomic E-state index is 0.241. The number of H-pyrrole nitrogens is 1. The molecule has 6 heteroatoms. The second-order valence-electron chi connectivity index (χ2n) is 3.35. The van der Waals surface area contributed by atoms with Crippen molar-refractivity contribution >= 4 is 5.91 Å². The van der Waals surface area contributed by atoms with Gasteiger partial charge in [-0.05, 0) is 6.92 Å². The number of carbonyl (C=O) groups excluding carboxylic acids is 1. The molecule has 6 nitrogen and oxygen atoms in total. The van der Waals surface area contributed by atoms with Crippen LogP contribution in [0.1, 0.15) is 21.9 Å². The Hall–Kier alpha value is -2.11. The van der Waals surface area contributed by atoms with Gasteiger partial charge in [-0.2, -0.15) is 0 Å². The maximum atomic E-state index is 11.6. The first kappa shape index (κ1) is 10.4. The van der Waals surface area contributed by atoms with E-state index < -0.39 is 0 Å². The molecular weight excluding hydrogens is 208 g/mol. The molecule has 16 heavy (non-hydrogen) atoms. The van der Waals surface area contributed by atoms with E-state index in [1.165, 1.54) is 6.39 Å². The smallest absolute Gasteiger partial charge is 0.289 e. The van der Waals surface area contributed by atoms with Crippen molar-refractivity contribution in [2.75, 3.05) is 6.54 Å². The fourth-order valence-corrected chi connectivity index (χ4v) is 1.33. The molecule has 0 aliphatic heterocycles. The molecule has 2 aromatic heterocycles. The number of hydrogen-bond acceptors (Lipinski definition) is 4. The van der Waals surface area contributed by atoms with E-state index in [9.17, 15) is 4.79 Å². The summed E-state index contributed by atoms with van der Waals surface area (Å²) in [5, 5.41) is 2.74. The van der Waals surface area contributed by atoms with Gasteiger partial charge in [0, 0.05) is 24.9 Å². The molecule has 0 aliphatic carbocycles. The van der Waals surface area contributed by atoms with Crippen LogP contribution in [0.3, 0.4) is 0 Å². The average molecular weight is 220 g/mol. The number of oxazole rings is 1. The van der Waals surface area contributed by atoms with Gasteiger partial charge in [-0.25, -0.2) is 9.97 Å². The lowest BCUT2D eigenvalue weighted by Gasteiger charge is -2.01. The number of imidazole rings is 1. The van der Waals surface area contributed by atoms with Crippen LogP contribution in [0.15, 0.2) is 23.3 Å². The van der Waals surface area contributed by atoms with Gasteiger partial charge in [-0.15, -0.1) is 0 Å². The molecule has 2 rings (SSSR count). The number of amides is 1. The van der Waals surface area contributed by atoms with Gasteiger partial charge in [0.2, 0.25) is 5.76 Å². The maximum absolute atomic E-state index is 11.6. The molecule has 0 radical (unpaired) electrons. The van der Waals surface area contributed by atoms with Crippen molar-refractivity contribution in [2.45, 2.75) is 13.3 Å². The Morgan fingerprint density at radius 3 is 3.12 bits per heavy atom. The minimum atomic E-state index is -0.241. The summed E-state index contributed by atoms with van der Waals surface area (Å²) >= 11 is 0. The molecular formula is C10H12N4O2. The van der Waals surface area contributed by atoms with E-state index in [1.54, 1.807) is 19.4 Å². The zero-order valence-electron chi connectivity index (χ0n) is 8.86. The van der Waals surface area contributed by atoms with Crippen molar-refractivity contribution in [2.24, 2.45) is 0 Å². The van der Waals surface area contributed by atoms with Crippen molar-refractivity contribution < 1.29 is 9.21 Å². The van der Waals surface area contributed by atoms with Crippen LogP contribution in [0, 0.1) is 6.92 Å². The fraction of sp³-hybridized carbons (Fsp3) is 0.300. The van der Waals surface area contributed by atoms with Crippen LogP contribution in [-0.2, 0) is 6.42 Å². The van der Waals surface area contributed by atoms with Crippen LogP contribution < -0.4 is 5.32 Å². The third-order valence-electron chi connectivity index (χ3n) is 2.19. The predicted molar refractivity (Wildman–Crippen MR) is 55.9 cm³/mol. The maximum Gasteiger partial charge on any atom is 0.289 e. The zero-order valence-corrected chi connectivity index (χ0v) is 8.86. The van der Waals surface area contributed by atoms with Crippen molar-refractivity contribution in [1.29, 1.82) is 0 Å². The quantitative estimate of drug-likeness (QED) is 0.793. The summed E-state index contributed by atoms with van der Waals surface area (Å²) in [7, 11) is 0. The molecule has 0 fully saturated rings. The zero-order chi connectivity index (χ0) is 11.4. The van der Waals surface area contributed by atoms with Crippen LogP contribution in [-0.4, -0.2) is 27.4 Å². The second kappa shape index (κ2) is 4.61. The SMILES string of the molecule is Cc1ncoc1C(=O)NCCc1cnc[nH]1. The molecule has 0 spiro atoms. The summed E-state index contributed by atoms with van der Waals surface area (Å²) in [5.74, 6) is 0.0270. The Morgan fingerprint density at radius 2 is 2.50 bits per heavy atom. The van der Waals surface area contributed by atoms with Gasteiger partial charge < -0.3 is 14.7 Å². The molecule has 2 heterocycles. The number of hydrogen-bond donors (Lipinski definition) is 2. The van der Waals surface area contributed by atoms with Crippen molar-refractivity contribution in [1.82, 2.24) is 20.3 Å². The topological polar surface area (TPSA) is 83.8 Å². The molecule has 0 aromatic carbocycles. The lowest BCUT2D eigenvalue weighted by molar-refractivity contribution is 0.0925. The van der Waals surface area contributed by atoms with E-state index in [2.05, 4.69) is 20.3 Å². The lowest BCUT2D eigenvalue weighted by Crippen LogP contribution is -2.26. The Morgan fingerprint density at radius 1 is 1.62 bits per heavy atom. The van der Waals surface area contributed by atoms with E-state index >= 15 is 0 Å². The number of nitrogens with zero attached hydrogens (tertiary/aromatic N) is 2. The Labute approximate surface area is 92.1 Å². The fourth-order valence-electron chi connectivity index (χ4n) is 1.33. The van der Waals surface area contributed by atoms with E-state index in [1.807, 2.05) is 0 Å². The first-order valence-electron chi connectivity index (χ1n) is 4.93. The number of aromatic nitrogens is 3. The summed E-state index contributed by atoms with van der Waals surface area (Å²) in [4.78, 5) is 22.3. The standard InChI is InChI=1S/C10H12N4O2/c1-7-9(16-6-14-7)10(15)12-3-2-8-4-11-5-13-8/h4-6H,2-3H2,1H3,(H,11,13)(H,12,15). The van der Waals surface area contributed by atoms with Gasteiger partial charge in [0.1, 0.15) is 0 Å². The molecule has 2 aromatic rings. The lowest BCUT2D eigenvalue weighted by atomic mass is 10.3. The average Bonchev–Trinajstić information content (AvgIpc) is 2.88. The number of carbonyl (C=O) groups is 1. The van der Waals surface area contributed by atoms with E-state index in [4.69, 9.17) is 4.42 Å². The molecule has 0 saturated carbocycles. The highest BCUT2D eigenvalue weighted by Crippen LogP contribution is 2.04. The van der Waals surface area contributed by atoms with Crippen LogP contribution >= 0.6 is 0 Å². The Balaban J connectivity index is 1.83. The number of aromatic amines is 1. The number of rotatable bonds is 4. The van der Waals surface area contributed by atoms with Gasteiger partial charge in [0.15, 0.2) is 6.39 Å². The van der Waals surface area contributed by atoms with Gasteiger partial charge in [0.25, 0.3) is 5.91 Å². The molecule has 1 amide bonds.